The molecule has 0 amide bonds. The Morgan fingerprint density at radius 1 is 1.24 bits per heavy atom. The Hall–Kier alpha value is -1.41. The Morgan fingerprint density at radius 3 is 2.59 bits per heavy atom. The van der Waals surface area contributed by atoms with Crippen molar-refractivity contribution >= 4 is 17.4 Å². The van der Waals surface area contributed by atoms with Crippen molar-refractivity contribution in [3.8, 4) is 0 Å². The van der Waals surface area contributed by atoms with E-state index in [-0.39, 0.29) is 0 Å². The smallest absolute Gasteiger partial charge is 0.0526 e. The summed E-state index contributed by atoms with van der Waals surface area (Å²) in [7, 11) is 0. The zero-order chi connectivity index (χ0) is 12.7. The Kier molecular flexibility index (Phi) is 5.64. The first-order chi connectivity index (χ1) is 8.35. The van der Waals surface area contributed by atoms with E-state index in [1.54, 1.807) is 11.8 Å². The lowest BCUT2D eigenvalue weighted by atomic mass is 10.2. The van der Waals surface area contributed by atoms with Gasteiger partial charge in [0.25, 0.3) is 0 Å². The maximum Gasteiger partial charge on any atom is 0.0526 e. The molecule has 0 spiro atoms. The van der Waals surface area contributed by atoms with Crippen molar-refractivity contribution in [3.63, 3.8) is 0 Å². The van der Waals surface area contributed by atoms with Gasteiger partial charge in [-0.25, -0.2) is 0 Å². The minimum Gasteiger partial charge on any atom is -0.354 e. The van der Waals surface area contributed by atoms with E-state index in [4.69, 9.17) is 0 Å². The van der Waals surface area contributed by atoms with Crippen LogP contribution in [0.25, 0.3) is 0 Å². The third kappa shape index (κ3) is 3.27. The topological polar surface area (TPSA) is 12.0 Å². The first-order valence-corrected chi connectivity index (χ1v) is 6.70. The SMILES string of the molecule is C=CC1=C(/C=C\C)Sc2ccccc2N1.CC. The lowest BCUT2D eigenvalue weighted by molar-refractivity contribution is 1.35. The number of para-hydroxylation sites is 1. The molecule has 0 unspecified atom stereocenters. The van der Waals surface area contributed by atoms with Gasteiger partial charge in [-0.1, -0.05) is 56.5 Å². The predicted molar refractivity (Wildman–Crippen MR) is 79.3 cm³/mol. The summed E-state index contributed by atoms with van der Waals surface area (Å²) in [6.07, 6.45) is 6.00. The Bertz CT molecular complexity index is 444. The van der Waals surface area contributed by atoms with Gasteiger partial charge in [0.1, 0.15) is 0 Å². The first-order valence-electron chi connectivity index (χ1n) is 5.88. The fourth-order valence-electron chi connectivity index (χ4n) is 1.47. The van der Waals surface area contributed by atoms with E-state index in [0.717, 1.165) is 11.4 Å². The molecule has 0 fully saturated rings. The number of allylic oxidation sites excluding steroid dienone is 3. The summed E-state index contributed by atoms with van der Waals surface area (Å²) in [5, 5.41) is 3.37. The quantitative estimate of drug-likeness (QED) is 0.768. The zero-order valence-electron chi connectivity index (χ0n) is 10.7. The number of hydrogen-bond donors (Lipinski definition) is 1. The molecule has 2 heteroatoms. The standard InChI is InChI=1S/C13H13NS.C2H6/c1-3-7-12-10(4-2)14-11-8-5-6-9-13(11)15-12;1-2/h3-9,14H,2H2,1H3;1-2H3/b7-3-;. The maximum absolute atomic E-state index is 3.82. The van der Waals surface area contributed by atoms with Crippen molar-refractivity contribution < 1.29 is 0 Å². The number of rotatable bonds is 2. The molecule has 1 aromatic carbocycles. The number of anilines is 1. The van der Waals surface area contributed by atoms with Gasteiger partial charge in [-0.2, -0.15) is 0 Å². The van der Waals surface area contributed by atoms with Crippen LogP contribution in [0.3, 0.4) is 0 Å². The van der Waals surface area contributed by atoms with Gasteiger partial charge in [0, 0.05) is 9.80 Å². The second-order valence-corrected chi connectivity index (χ2v) is 4.29. The fourth-order valence-corrected chi connectivity index (χ4v) is 2.53. The van der Waals surface area contributed by atoms with E-state index in [2.05, 4.69) is 36.2 Å². The molecule has 0 saturated heterocycles. The summed E-state index contributed by atoms with van der Waals surface area (Å²) in [6.45, 7) is 9.84. The van der Waals surface area contributed by atoms with Crippen molar-refractivity contribution in [3.05, 3.63) is 59.7 Å². The van der Waals surface area contributed by atoms with E-state index >= 15 is 0 Å². The van der Waals surface area contributed by atoms with Gasteiger partial charge < -0.3 is 5.32 Å². The highest BCUT2D eigenvalue weighted by Gasteiger charge is 2.13. The van der Waals surface area contributed by atoms with Crippen molar-refractivity contribution in [2.75, 3.05) is 5.32 Å². The van der Waals surface area contributed by atoms with Crippen LogP contribution >= 0.6 is 11.8 Å². The van der Waals surface area contributed by atoms with Gasteiger partial charge in [0.15, 0.2) is 0 Å². The highest BCUT2D eigenvalue weighted by atomic mass is 32.2. The van der Waals surface area contributed by atoms with Crippen LogP contribution in [0.5, 0.6) is 0 Å². The molecule has 2 rings (SSSR count). The van der Waals surface area contributed by atoms with Crippen LogP contribution in [0, 0.1) is 0 Å². The van der Waals surface area contributed by atoms with Crippen molar-refractivity contribution in [2.24, 2.45) is 0 Å². The molecule has 0 radical (unpaired) electrons. The van der Waals surface area contributed by atoms with Crippen molar-refractivity contribution in [1.29, 1.82) is 0 Å². The van der Waals surface area contributed by atoms with E-state index in [0.29, 0.717) is 0 Å². The van der Waals surface area contributed by atoms with Gasteiger partial charge >= 0.3 is 0 Å². The second kappa shape index (κ2) is 7.02. The summed E-state index contributed by atoms with van der Waals surface area (Å²) < 4.78 is 0. The van der Waals surface area contributed by atoms with Crippen LogP contribution in [-0.4, -0.2) is 0 Å². The van der Waals surface area contributed by atoms with Gasteiger partial charge in [0.2, 0.25) is 0 Å². The van der Waals surface area contributed by atoms with Crippen LogP contribution in [0.15, 0.2) is 64.6 Å². The van der Waals surface area contributed by atoms with Crippen molar-refractivity contribution in [1.82, 2.24) is 0 Å². The Morgan fingerprint density at radius 2 is 1.94 bits per heavy atom. The third-order valence-corrected chi connectivity index (χ3v) is 3.32. The highest BCUT2D eigenvalue weighted by molar-refractivity contribution is 8.03. The summed E-state index contributed by atoms with van der Waals surface area (Å²) in [5.74, 6) is 0. The molecular weight excluding hydrogens is 226 g/mol. The predicted octanol–water partition coefficient (Wildman–Crippen LogP) is 5.20. The molecule has 0 aromatic heterocycles. The van der Waals surface area contributed by atoms with Crippen LogP contribution in [0.2, 0.25) is 0 Å². The molecule has 0 saturated carbocycles. The van der Waals surface area contributed by atoms with Gasteiger partial charge in [-0.3, -0.25) is 0 Å². The molecule has 1 N–H and O–H groups in total. The normalized spacial score (nSPS) is 13.6. The Labute approximate surface area is 108 Å². The van der Waals surface area contributed by atoms with Gasteiger partial charge in [-0.05, 0) is 25.1 Å². The second-order valence-electron chi connectivity index (χ2n) is 3.21. The van der Waals surface area contributed by atoms with Crippen molar-refractivity contribution in [2.45, 2.75) is 25.7 Å². The Balaban J connectivity index is 0.000000686. The average Bonchev–Trinajstić information content (AvgIpc) is 2.40. The number of hydrogen-bond acceptors (Lipinski definition) is 2. The summed E-state index contributed by atoms with van der Waals surface area (Å²) in [5.41, 5.74) is 2.24. The molecule has 1 aromatic rings. The van der Waals surface area contributed by atoms with E-state index in [1.165, 1.54) is 9.80 Å². The minimum absolute atomic E-state index is 1.08. The number of thioether (sulfide) groups is 1. The highest BCUT2D eigenvalue weighted by Crippen LogP contribution is 2.40. The number of fused-ring (bicyclic) bond motifs is 1. The lowest BCUT2D eigenvalue weighted by Gasteiger charge is -2.20. The molecule has 90 valence electrons. The molecule has 1 heterocycles. The van der Waals surface area contributed by atoms with E-state index < -0.39 is 0 Å². The molecule has 0 bridgehead atoms. The van der Waals surface area contributed by atoms with Gasteiger partial charge in [0.05, 0.1) is 11.4 Å². The summed E-state index contributed by atoms with van der Waals surface area (Å²) >= 11 is 1.77. The minimum atomic E-state index is 1.08. The molecule has 0 atom stereocenters. The zero-order valence-corrected chi connectivity index (χ0v) is 11.5. The molecular formula is C15H19NS. The summed E-state index contributed by atoms with van der Waals surface area (Å²) in [4.78, 5) is 2.47. The van der Waals surface area contributed by atoms with Crippen LogP contribution < -0.4 is 5.32 Å². The lowest BCUT2D eigenvalue weighted by Crippen LogP contribution is -2.04. The van der Waals surface area contributed by atoms with Crippen LogP contribution in [0.1, 0.15) is 20.8 Å². The molecule has 0 aliphatic carbocycles. The molecule has 1 aliphatic rings. The molecule has 1 aliphatic heterocycles. The molecule has 17 heavy (non-hydrogen) atoms. The van der Waals surface area contributed by atoms with Gasteiger partial charge in [-0.15, -0.1) is 0 Å². The maximum atomic E-state index is 3.82. The summed E-state index contributed by atoms with van der Waals surface area (Å²) in [6, 6.07) is 8.29. The van der Waals surface area contributed by atoms with E-state index in [9.17, 15) is 0 Å². The van der Waals surface area contributed by atoms with E-state index in [1.807, 2.05) is 39.0 Å². The monoisotopic (exact) mass is 245 g/mol. The first kappa shape index (κ1) is 13.7. The molecule has 1 nitrogen and oxygen atoms in total. The van der Waals surface area contributed by atoms with Crippen LogP contribution in [0.4, 0.5) is 5.69 Å². The largest absolute Gasteiger partial charge is 0.354 e. The number of benzene rings is 1. The number of nitrogens with one attached hydrogen (secondary N) is 1. The third-order valence-electron chi connectivity index (χ3n) is 2.16. The van der Waals surface area contributed by atoms with Crippen LogP contribution in [-0.2, 0) is 0 Å². The average molecular weight is 245 g/mol. The fraction of sp³-hybridized carbons (Fsp3) is 0.200.